The van der Waals surface area contributed by atoms with E-state index in [9.17, 15) is 4.39 Å². The van der Waals surface area contributed by atoms with Crippen LogP contribution in [0.2, 0.25) is 5.02 Å². The van der Waals surface area contributed by atoms with Crippen LogP contribution in [0.5, 0.6) is 0 Å². The van der Waals surface area contributed by atoms with Crippen molar-refractivity contribution in [2.75, 3.05) is 6.54 Å². The molecule has 0 spiro atoms. The van der Waals surface area contributed by atoms with Gasteiger partial charge in [-0.1, -0.05) is 11.6 Å². The SMILES string of the molecule is C[C@@H]1CNCc2cc3cc(F)c(Cl)cc3n21. The summed E-state index contributed by atoms with van der Waals surface area (Å²) in [7, 11) is 0. The van der Waals surface area contributed by atoms with Crippen molar-refractivity contribution in [1.82, 2.24) is 9.88 Å². The van der Waals surface area contributed by atoms with E-state index in [1.807, 2.05) is 6.07 Å². The van der Waals surface area contributed by atoms with Crippen molar-refractivity contribution in [3.8, 4) is 0 Å². The van der Waals surface area contributed by atoms with Crippen LogP contribution < -0.4 is 5.32 Å². The third-order valence-electron chi connectivity index (χ3n) is 3.15. The summed E-state index contributed by atoms with van der Waals surface area (Å²) in [6.45, 7) is 3.91. The van der Waals surface area contributed by atoms with Gasteiger partial charge in [-0.05, 0) is 25.1 Å². The van der Waals surface area contributed by atoms with E-state index in [1.54, 1.807) is 6.07 Å². The van der Waals surface area contributed by atoms with Gasteiger partial charge in [-0.25, -0.2) is 4.39 Å². The van der Waals surface area contributed by atoms with E-state index in [-0.39, 0.29) is 10.8 Å². The van der Waals surface area contributed by atoms with Crippen molar-refractivity contribution < 1.29 is 4.39 Å². The molecule has 0 unspecified atom stereocenters. The van der Waals surface area contributed by atoms with Crippen LogP contribution in [0.15, 0.2) is 18.2 Å². The lowest BCUT2D eigenvalue weighted by molar-refractivity contribution is 0.439. The number of nitrogens with one attached hydrogen (secondary N) is 1. The summed E-state index contributed by atoms with van der Waals surface area (Å²) < 4.78 is 15.6. The molecule has 2 heterocycles. The molecule has 2 aromatic rings. The molecule has 0 saturated carbocycles. The number of hydrogen-bond donors (Lipinski definition) is 1. The van der Waals surface area contributed by atoms with Crippen molar-refractivity contribution in [3.63, 3.8) is 0 Å². The van der Waals surface area contributed by atoms with Gasteiger partial charge >= 0.3 is 0 Å². The highest BCUT2D eigenvalue weighted by Gasteiger charge is 2.19. The van der Waals surface area contributed by atoms with Crippen molar-refractivity contribution in [3.05, 3.63) is 34.7 Å². The van der Waals surface area contributed by atoms with Gasteiger partial charge in [0.2, 0.25) is 0 Å². The van der Waals surface area contributed by atoms with E-state index in [0.717, 1.165) is 24.0 Å². The first-order valence-corrected chi connectivity index (χ1v) is 5.74. The van der Waals surface area contributed by atoms with Crippen LogP contribution in [0.4, 0.5) is 4.39 Å². The highest BCUT2D eigenvalue weighted by atomic mass is 35.5. The molecule has 0 fully saturated rings. The number of hydrogen-bond acceptors (Lipinski definition) is 1. The maximum absolute atomic E-state index is 13.4. The number of aromatic nitrogens is 1. The molecule has 4 heteroatoms. The van der Waals surface area contributed by atoms with Crippen molar-refractivity contribution in [1.29, 1.82) is 0 Å². The lowest BCUT2D eigenvalue weighted by Gasteiger charge is -2.24. The smallest absolute Gasteiger partial charge is 0.142 e. The highest BCUT2D eigenvalue weighted by Crippen LogP contribution is 2.30. The van der Waals surface area contributed by atoms with E-state index in [1.165, 1.54) is 11.8 Å². The topological polar surface area (TPSA) is 17.0 Å². The van der Waals surface area contributed by atoms with Crippen molar-refractivity contribution in [2.45, 2.75) is 19.5 Å². The summed E-state index contributed by atoms with van der Waals surface area (Å²) in [5.74, 6) is -0.349. The molecule has 1 aromatic carbocycles. The number of nitrogens with zero attached hydrogens (tertiary/aromatic N) is 1. The molecule has 1 aromatic heterocycles. The van der Waals surface area contributed by atoms with E-state index in [0.29, 0.717) is 6.04 Å². The molecule has 2 nitrogen and oxygen atoms in total. The zero-order valence-corrected chi connectivity index (χ0v) is 9.68. The Kier molecular flexibility index (Phi) is 2.19. The lowest BCUT2D eigenvalue weighted by Crippen LogP contribution is -2.30. The third kappa shape index (κ3) is 1.35. The van der Waals surface area contributed by atoms with Crippen LogP contribution >= 0.6 is 11.6 Å². The van der Waals surface area contributed by atoms with Gasteiger partial charge in [0.05, 0.1) is 10.5 Å². The fourth-order valence-electron chi connectivity index (χ4n) is 2.44. The fourth-order valence-corrected chi connectivity index (χ4v) is 2.59. The maximum atomic E-state index is 13.4. The van der Waals surface area contributed by atoms with Gasteiger partial charge in [0, 0.05) is 30.2 Å². The third-order valence-corrected chi connectivity index (χ3v) is 3.44. The minimum atomic E-state index is -0.349. The fraction of sp³-hybridized carbons (Fsp3) is 0.333. The summed E-state index contributed by atoms with van der Waals surface area (Å²) in [5.41, 5.74) is 2.21. The first-order chi connectivity index (χ1) is 7.66. The molecule has 0 radical (unpaired) electrons. The van der Waals surface area contributed by atoms with Gasteiger partial charge in [0.1, 0.15) is 5.82 Å². The first-order valence-electron chi connectivity index (χ1n) is 5.36. The zero-order chi connectivity index (χ0) is 11.3. The van der Waals surface area contributed by atoms with Gasteiger partial charge in [-0.2, -0.15) is 0 Å². The molecule has 3 rings (SSSR count). The Labute approximate surface area is 98.0 Å². The van der Waals surface area contributed by atoms with Crippen LogP contribution in [-0.4, -0.2) is 11.1 Å². The summed E-state index contributed by atoms with van der Waals surface area (Å²) in [5, 5.41) is 4.45. The van der Waals surface area contributed by atoms with Crippen LogP contribution in [0.25, 0.3) is 10.9 Å². The Bertz CT molecular complexity index is 562. The van der Waals surface area contributed by atoms with Gasteiger partial charge in [-0.15, -0.1) is 0 Å². The van der Waals surface area contributed by atoms with Crippen molar-refractivity contribution in [2.24, 2.45) is 0 Å². The molecule has 1 aliphatic heterocycles. The molecular weight excluding hydrogens is 227 g/mol. The quantitative estimate of drug-likeness (QED) is 0.746. The Morgan fingerprint density at radius 2 is 2.25 bits per heavy atom. The van der Waals surface area contributed by atoms with Crippen molar-refractivity contribution >= 4 is 22.5 Å². The highest BCUT2D eigenvalue weighted by molar-refractivity contribution is 6.31. The van der Waals surface area contributed by atoms with Crippen LogP contribution in [-0.2, 0) is 6.54 Å². The molecule has 1 N–H and O–H groups in total. The minimum absolute atomic E-state index is 0.194. The number of fused-ring (bicyclic) bond motifs is 3. The number of halogens is 2. The summed E-state index contributed by atoms with van der Waals surface area (Å²) >= 11 is 5.83. The zero-order valence-electron chi connectivity index (χ0n) is 8.93. The van der Waals surface area contributed by atoms with Crippen LogP contribution in [0.1, 0.15) is 18.7 Å². The molecule has 84 valence electrons. The second kappa shape index (κ2) is 3.47. The molecule has 0 aliphatic carbocycles. The molecule has 1 atom stereocenters. The van der Waals surface area contributed by atoms with Crippen LogP contribution in [0.3, 0.4) is 0 Å². The van der Waals surface area contributed by atoms with Gasteiger partial charge in [-0.3, -0.25) is 0 Å². The monoisotopic (exact) mass is 238 g/mol. The second-order valence-electron chi connectivity index (χ2n) is 4.31. The average molecular weight is 239 g/mol. The molecule has 0 bridgehead atoms. The van der Waals surface area contributed by atoms with Gasteiger partial charge < -0.3 is 9.88 Å². The van der Waals surface area contributed by atoms with Gasteiger partial charge in [0.15, 0.2) is 0 Å². The summed E-state index contributed by atoms with van der Waals surface area (Å²) in [6.07, 6.45) is 0. The lowest BCUT2D eigenvalue weighted by atomic mass is 10.2. The normalized spacial score (nSPS) is 20.1. The molecule has 0 amide bonds. The standard InChI is InChI=1S/C12H12ClFN2/c1-7-5-15-6-9-2-8-3-11(14)10(13)4-12(8)16(7)9/h2-4,7,15H,5-6H2,1H3/t7-/m1/s1. The average Bonchev–Trinajstić information content (AvgIpc) is 2.58. The number of benzene rings is 1. The number of rotatable bonds is 0. The minimum Gasteiger partial charge on any atom is -0.339 e. The van der Waals surface area contributed by atoms with E-state index in [2.05, 4.69) is 16.8 Å². The van der Waals surface area contributed by atoms with Gasteiger partial charge in [0.25, 0.3) is 0 Å². The first kappa shape index (κ1) is 10.1. The predicted octanol–water partition coefficient (Wildman–Crippen LogP) is 3.10. The Balaban J connectivity index is 2.34. The Morgan fingerprint density at radius 1 is 1.44 bits per heavy atom. The Morgan fingerprint density at radius 3 is 3.06 bits per heavy atom. The molecule has 16 heavy (non-hydrogen) atoms. The van der Waals surface area contributed by atoms with E-state index < -0.39 is 0 Å². The molecule has 0 saturated heterocycles. The van der Waals surface area contributed by atoms with Crippen LogP contribution in [0, 0.1) is 5.82 Å². The second-order valence-corrected chi connectivity index (χ2v) is 4.72. The van der Waals surface area contributed by atoms with E-state index >= 15 is 0 Å². The summed E-state index contributed by atoms with van der Waals surface area (Å²) in [6, 6.07) is 5.63. The largest absolute Gasteiger partial charge is 0.339 e. The molecular formula is C12H12ClFN2. The van der Waals surface area contributed by atoms with E-state index in [4.69, 9.17) is 11.6 Å². The summed E-state index contributed by atoms with van der Waals surface area (Å²) in [4.78, 5) is 0. The predicted molar refractivity (Wildman–Crippen MR) is 63.3 cm³/mol. The maximum Gasteiger partial charge on any atom is 0.142 e. The molecule has 1 aliphatic rings. The Hall–Kier alpha value is -1.06.